The number of aliphatic hydroxyl groups is 3. The molecular formula is C10H19NO5S. The fourth-order valence-electron chi connectivity index (χ4n) is 1.78. The van der Waals surface area contributed by atoms with E-state index in [-0.39, 0.29) is 12.5 Å². The van der Waals surface area contributed by atoms with Gasteiger partial charge in [-0.05, 0) is 5.75 Å². The maximum absolute atomic E-state index is 11.0. The van der Waals surface area contributed by atoms with Crippen molar-refractivity contribution in [3.63, 3.8) is 0 Å². The molecule has 0 saturated carbocycles. The highest BCUT2D eigenvalue weighted by atomic mass is 32.2. The van der Waals surface area contributed by atoms with Crippen LogP contribution in [0, 0.1) is 0 Å². The molecular weight excluding hydrogens is 246 g/mol. The summed E-state index contributed by atoms with van der Waals surface area (Å²) in [7, 11) is 0. The van der Waals surface area contributed by atoms with Crippen LogP contribution in [0.2, 0.25) is 0 Å². The van der Waals surface area contributed by atoms with Crippen LogP contribution in [0.1, 0.15) is 13.8 Å². The number of ether oxygens (including phenoxy) is 1. The first-order valence-electron chi connectivity index (χ1n) is 5.52. The van der Waals surface area contributed by atoms with Gasteiger partial charge in [-0.3, -0.25) is 4.79 Å². The number of amides is 1. The molecule has 0 aromatic rings. The van der Waals surface area contributed by atoms with Crippen molar-refractivity contribution in [2.24, 2.45) is 0 Å². The molecule has 4 N–H and O–H groups in total. The van der Waals surface area contributed by atoms with E-state index < -0.39 is 29.8 Å². The van der Waals surface area contributed by atoms with Crippen LogP contribution in [0.5, 0.6) is 0 Å². The van der Waals surface area contributed by atoms with Gasteiger partial charge in [0.15, 0.2) is 0 Å². The van der Waals surface area contributed by atoms with Crippen molar-refractivity contribution in [3.05, 3.63) is 0 Å². The molecule has 1 saturated heterocycles. The molecule has 0 aliphatic carbocycles. The fraction of sp³-hybridized carbons (Fsp3) is 0.900. The zero-order valence-electron chi connectivity index (χ0n) is 9.87. The van der Waals surface area contributed by atoms with E-state index >= 15 is 0 Å². The summed E-state index contributed by atoms with van der Waals surface area (Å²) in [6, 6.07) is -0.671. The van der Waals surface area contributed by atoms with Crippen molar-refractivity contribution in [1.82, 2.24) is 5.32 Å². The van der Waals surface area contributed by atoms with Crippen LogP contribution in [0.4, 0.5) is 0 Å². The van der Waals surface area contributed by atoms with Crippen molar-refractivity contribution in [2.75, 3.05) is 12.4 Å². The molecule has 0 bridgehead atoms. The van der Waals surface area contributed by atoms with E-state index in [9.17, 15) is 15.0 Å². The van der Waals surface area contributed by atoms with Gasteiger partial charge in [0.25, 0.3) is 0 Å². The first kappa shape index (κ1) is 14.7. The lowest BCUT2D eigenvalue weighted by atomic mass is 9.98. The summed E-state index contributed by atoms with van der Waals surface area (Å²) in [6.07, 6.45) is -3.17. The average Bonchev–Trinajstić information content (AvgIpc) is 2.28. The molecule has 1 heterocycles. The summed E-state index contributed by atoms with van der Waals surface area (Å²) in [4.78, 5) is 11.0. The Balaban J connectivity index is 2.78. The Labute approximate surface area is 104 Å². The van der Waals surface area contributed by atoms with Gasteiger partial charge in [0.05, 0.1) is 12.6 Å². The van der Waals surface area contributed by atoms with E-state index in [1.807, 2.05) is 6.92 Å². The van der Waals surface area contributed by atoms with Crippen molar-refractivity contribution >= 4 is 17.7 Å². The molecule has 5 atom stereocenters. The van der Waals surface area contributed by atoms with Crippen molar-refractivity contribution in [2.45, 2.75) is 43.6 Å². The molecule has 1 aliphatic heterocycles. The molecule has 1 fully saturated rings. The Hall–Kier alpha value is -0.340. The lowest BCUT2D eigenvalue weighted by molar-refractivity contribution is -0.173. The number of rotatable bonds is 4. The van der Waals surface area contributed by atoms with Crippen molar-refractivity contribution in [1.29, 1.82) is 0 Å². The molecule has 1 aliphatic rings. The van der Waals surface area contributed by atoms with Gasteiger partial charge in [-0.15, -0.1) is 11.8 Å². The SMILES string of the molecule is CCS[C@@H]1O[C@H](CO)[C@@H](O)[C@H](O)[C@H]1NC(C)=O. The van der Waals surface area contributed by atoms with Gasteiger partial charge in [0.2, 0.25) is 5.91 Å². The standard InChI is InChI=1S/C10H19NO5S/c1-3-17-10-7(11-5(2)13)9(15)8(14)6(4-12)16-10/h6-10,12,14-15H,3-4H2,1-2H3,(H,11,13)/t6-,7-,8-,9-,10+/m1/s1. The second-order valence-electron chi connectivity index (χ2n) is 3.89. The molecule has 1 amide bonds. The molecule has 0 radical (unpaired) electrons. The van der Waals surface area contributed by atoms with E-state index in [4.69, 9.17) is 9.84 Å². The molecule has 0 aromatic carbocycles. The second kappa shape index (κ2) is 6.55. The Morgan fingerprint density at radius 2 is 2.06 bits per heavy atom. The number of carbonyl (C=O) groups excluding carboxylic acids is 1. The van der Waals surface area contributed by atoms with Gasteiger partial charge in [0, 0.05) is 6.92 Å². The maximum Gasteiger partial charge on any atom is 0.217 e. The minimum absolute atomic E-state index is 0.297. The van der Waals surface area contributed by atoms with Gasteiger partial charge in [-0.1, -0.05) is 6.92 Å². The molecule has 7 heteroatoms. The van der Waals surface area contributed by atoms with Crippen LogP contribution in [-0.4, -0.2) is 63.4 Å². The zero-order valence-corrected chi connectivity index (χ0v) is 10.7. The zero-order chi connectivity index (χ0) is 13.0. The monoisotopic (exact) mass is 265 g/mol. The predicted octanol–water partition coefficient (Wildman–Crippen LogP) is -1.32. The lowest BCUT2D eigenvalue weighted by Gasteiger charge is -2.42. The van der Waals surface area contributed by atoms with Crippen LogP contribution in [-0.2, 0) is 9.53 Å². The molecule has 0 aromatic heterocycles. The van der Waals surface area contributed by atoms with Gasteiger partial charge in [-0.25, -0.2) is 0 Å². The summed E-state index contributed by atoms with van der Waals surface area (Å²) < 4.78 is 5.46. The van der Waals surface area contributed by atoms with Crippen LogP contribution >= 0.6 is 11.8 Å². The largest absolute Gasteiger partial charge is 0.394 e. The van der Waals surface area contributed by atoms with Crippen LogP contribution < -0.4 is 5.32 Å². The van der Waals surface area contributed by atoms with Gasteiger partial charge < -0.3 is 25.4 Å². The van der Waals surface area contributed by atoms with Crippen LogP contribution in [0.25, 0.3) is 0 Å². The highest BCUT2D eigenvalue weighted by Crippen LogP contribution is 2.28. The summed E-state index contributed by atoms with van der Waals surface area (Å²) in [5, 5.41) is 31.2. The Bertz CT molecular complexity index is 265. The number of carbonyl (C=O) groups is 1. The number of thioether (sulfide) groups is 1. The van der Waals surface area contributed by atoms with Gasteiger partial charge >= 0.3 is 0 Å². The van der Waals surface area contributed by atoms with E-state index in [0.29, 0.717) is 0 Å². The first-order valence-corrected chi connectivity index (χ1v) is 6.57. The Morgan fingerprint density at radius 1 is 1.41 bits per heavy atom. The highest BCUT2D eigenvalue weighted by molar-refractivity contribution is 7.99. The van der Waals surface area contributed by atoms with E-state index in [1.165, 1.54) is 18.7 Å². The van der Waals surface area contributed by atoms with Crippen molar-refractivity contribution in [3.8, 4) is 0 Å². The smallest absolute Gasteiger partial charge is 0.217 e. The summed E-state index contributed by atoms with van der Waals surface area (Å²) in [5.74, 6) is 0.441. The fourth-order valence-corrected chi connectivity index (χ4v) is 2.76. The quantitative estimate of drug-likeness (QED) is 0.503. The third-order valence-electron chi connectivity index (χ3n) is 2.58. The molecule has 0 spiro atoms. The predicted molar refractivity (Wildman–Crippen MR) is 63.5 cm³/mol. The minimum atomic E-state index is -1.20. The summed E-state index contributed by atoms with van der Waals surface area (Å²) >= 11 is 1.41. The molecule has 1 rings (SSSR count). The minimum Gasteiger partial charge on any atom is -0.394 e. The molecule has 100 valence electrons. The Kier molecular flexibility index (Phi) is 5.68. The summed E-state index contributed by atoms with van der Waals surface area (Å²) in [6.45, 7) is 2.89. The number of hydrogen-bond donors (Lipinski definition) is 4. The number of nitrogens with one attached hydrogen (secondary N) is 1. The van der Waals surface area contributed by atoms with E-state index in [0.717, 1.165) is 5.75 Å². The van der Waals surface area contributed by atoms with E-state index in [1.54, 1.807) is 0 Å². The number of aliphatic hydroxyl groups excluding tert-OH is 3. The lowest BCUT2D eigenvalue weighted by Crippen LogP contribution is -2.63. The maximum atomic E-state index is 11.0. The normalized spacial score (nSPS) is 37.8. The van der Waals surface area contributed by atoms with Crippen LogP contribution in [0.3, 0.4) is 0 Å². The van der Waals surface area contributed by atoms with E-state index in [2.05, 4.69) is 5.32 Å². The first-order chi connectivity index (χ1) is 8.01. The number of hydrogen-bond acceptors (Lipinski definition) is 6. The highest BCUT2D eigenvalue weighted by Gasteiger charge is 2.44. The Morgan fingerprint density at radius 3 is 2.53 bits per heavy atom. The third-order valence-corrected chi connectivity index (χ3v) is 3.65. The van der Waals surface area contributed by atoms with Crippen molar-refractivity contribution < 1.29 is 24.9 Å². The molecule has 17 heavy (non-hydrogen) atoms. The van der Waals surface area contributed by atoms with Gasteiger partial charge in [0.1, 0.15) is 23.7 Å². The molecule has 0 unspecified atom stereocenters. The molecule has 6 nitrogen and oxygen atoms in total. The van der Waals surface area contributed by atoms with Crippen LogP contribution in [0.15, 0.2) is 0 Å². The van der Waals surface area contributed by atoms with Gasteiger partial charge in [-0.2, -0.15) is 0 Å². The summed E-state index contributed by atoms with van der Waals surface area (Å²) in [5.41, 5.74) is -0.473. The topological polar surface area (TPSA) is 99.0 Å². The second-order valence-corrected chi connectivity index (χ2v) is 5.26. The average molecular weight is 265 g/mol. The third kappa shape index (κ3) is 3.56.